The lowest BCUT2D eigenvalue weighted by atomic mass is 10.1. The highest BCUT2D eigenvalue weighted by Crippen LogP contribution is 2.28. The molecule has 5 rings (SSSR count). The van der Waals surface area contributed by atoms with E-state index >= 15 is 0 Å². The van der Waals surface area contributed by atoms with E-state index in [0.717, 1.165) is 10.4 Å². The van der Waals surface area contributed by atoms with Crippen LogP contribution in [-0.4, -0.2) is 25.7 Å². The predicted molar refractivity (Wildman–Crippen MR) is 144 cm³/mol. The minimum atomic E-state index is -0.449. The van der Waals surface area contributed by atoms with E-state index in [1.807, 2.05) is 47.8 Å². The summed E-state index contributed by atoms with van der Waals surface area (Å²) in [5.41, 5.74) is 2.75. The van der Waals surface area contributed by atoms with Gasteiger partial charge in [0.05, 0.1) is 21.2 Å². The minimum Gasteiger partial charge on any atom is -0.306 e. The van der Waals surface area contributed by atoms with Gasteiger partial charge in [-0.25, -0.2) is 4.98 Å². The van der Waals surface area contributed by atoms with E-state index in [9.17, 15) is 9.59 Å². The molecule has 0 unspecified atom stereocenters. The van der Waals surface area contributed by atoms with Crippen LogP contribution < -0.4 is 10.9 Å². The molecule has 2 aromatic carbocycles. The number of nitrogens with one attached hydrogen (secondary N) is 2. The molecule has 7 nitrogen and oxygen atoms in total. The third-order valence-corrected chi connectivity index (χ3v) is 6.97. The molecule has 0 saturated carbocycles. The van der Waals surface area contributed by atoms with Crippen LogP contribution in [-0.2, 0) is 6.42 Å². The maximum absolute atomic E-state index is 13.1. The number of hydrogen-bond donors (Lipinski definition) is 2. The zero-order valence-electron chi connectivity index (χ0n) is 19.0. The van der Waals surface area contributed by atoms with Crippen LogP contribution in [0.25, 0.3) is 16.5 Å². The topological polar surface area (TPSA) is 92.7 Å². The summed E-state index contributed by atoms with van der Waals surface area (Å²) >= 11 is 13.7. The molecule has 0 aliphatic carbocycles. The number of aromatic amines is 1. The van der Waals surface area contributed by atoms with Crippen molar-refractivity contribution in [1.82, 2.24) is 19.7 Å². The van der Waals surface area contributed by atoms with E-state index in [-0.39, 0.29) is 22.1 Å². The molecular formula is C26H19Cl2N5O2S. The summed E-state index contributed by atoms with van der Waals surface area (Å²) in [5, 5.41) is 10.0. The molecule has 180 valence electrons. The zero-order valence-corrected chi connectivity index (χ0v) is 21.3. The van der Waals surface area contributed by atoms with Crippen LogP contribution in [0.4, 0.5) is 5.82 Å². The summed E-state index contributed by atoms with van der Waals surface area (Å²) in [6, 6.07) is 19.9. The van der Waals surface area contributed by atoms with E-state index in [1.54, 1.807) is 25.1 Å². The van der Waals surface area contributed by atoms with Crippen LogP contribution in [0, 0.1) is 6.92 Å². The third-order valence-electron chi connectivity index (χ3n) is 5.53. The van der Waals surface area contributed by atoms with Crippen LogP contribution in [0.1, 0.15) is 27.2 Å². The third kappa shape index (κ3) is 4.97. The Bertz CT molecular complexity index is 1610. The van der Waals surface area contributed by atoms with Gasteiger partial charge in [0.1, 0.15) is 11.5 Å². The van der Waals surface area contributed by atoms with E-state index in [2.05, 4.69) is 20.4 Å². The minimum absolute atomic E-state index is 0.189. The second-order valence-electron chi connectivity index (χ2n) is 8.00. The monoisotopic (exact) mass is 535 g/mol. The Morgan fingerprint density at radius 2 is 1.89 bits per heavy atom. The van der Waals surface area contributed by atoms with Crippen molar-refractivity contribution in [3.63, 3.8) is 0 Å². The Kier molecular flexibility index (Phi) is 6.73. The first-order valence-corrected chi connectivity index (χ1v) is 12.6. The van der Waals surface area contributed by atoms with Crippen LogP contribution in [0.5, 0.6) is 0 Å². The molecule has 0 saturated heterocycles. The molecule has 0 atom stereocenters. The summed E-state index contributed by atoms with van der Waals surface area (Å²) in [4.78, 5) is 34.4. The average Bonchev–Trinajstić information content (AvgIpc) is 3.52. The highest BCUT2D eigenvalue weighted by Gasteiger charge is 2.19. The molecule has 0 spiro atoms. The molecule has 0 fully saturated rings. The van der Waals surface area contributed by atoms with Crippen LogP contribution >= 0.6 is 34.5 Å². The molecule has 0 aliphatic rings. The number of H-pyrrole nitrogens is 1. The molecule has 3 heterocycles. The second-order valence-corrected chi connectivity index (χ2v) is 9.79. The Morgan fingerprint density at radius 3 is 2.58 bits per heavy atom. The van der Waals surface area contributed by atoms with Gasteiger partial charge >= 0.3 is 0 Å². The summed E-state index contributed by atoms with van der Waals surface area (Å²) in [6.45, 7) is 1.78. The molecule has 0 aliphatic heterocycles. The predicted octanol–water partition coefficient (Wildman–Crippen LogP) is 6.14. The van der Waals surface area contributed by atoms with Crippen LogP contribution in [0.2, 0.25) is 10.0 Å². The quantitative estimate of drug-likeness (QED) is 0.273. The first-order chi connectivity index (χ1) is 17.4. The lowest BCUT2D eigenvalue weighted by Crippen LogP contribution is -2.22. The van der Waals surface area contributed by atoms with E-state index < -0.39 is 5.91 Å². The first kappa shape index (κ1) is 24.0. The van der Waals surface area contributed by atoms with Crippen molar-refractivity contribution in [2.75, 3.05) is 5.32 Å². The number of amides is 1. The van der Waals surface area contributed by atoms with Crippen LogP contribution in [0.15, 0.2) is 76.9 Å². The molecule has 5 aromatic rings. The molecule has 2 N–H and O–H groups in total. The Labute approximate surface area is 220 Å². The van der Waals surface area contributed by atoms with Crippen LogP contribution in [0.3, 0.4) is 0 Å². The largest absolute Gasteiger partial charge is 0.306 e. The number of aromatic nitrogens is 4. The van der Waals surface area contributed by atoms with Crippen molar-refractivity contribution >= 4 is 46.3 Å². The smallest absolute Gasteiger partial charge is 0.258 e. The average molecular weight is 536 g/mol. The number of benzene rings is 2. The number of anilines is 1. The van der Waals surface area contributed by atoms with E-state index in [1.165, 1.54) is 22.1 Å². The normalized spacial score (nSPS) is 11.0. The van der Waals surface area contributed by atoms with Gasteiger partial charge in [-0.1, -0.05) is 59.6 Å². The van der Waals surface area contributed by atoms with Crippen molar-refractivity contribution in [2.45, 2.75) is 13.3 Å². The van der Waals surface area contributed by atoms with Gasteiger partial charge in [0.25, 0.3) is 11.5 Å². The summed E-state index contributed by atoms with van der Waals surface area (Å²) < 4.78 is 1.41. The van der Waals surface area contributed by atoms with Gasteiger partial charge in [0.2, 0.25) is 5.95 Å². The zero-order chi connectivity index (χ0) is 25.2. The van der Waals surface area contributed by atoms with Crippen molar-refractivity contribution in [3.8, 4) is 16.5 Å². The second kappa shape index (κ2) is 10.1. The number of hydrogen-bond acceptors (Lipinski definition) is 5. The molecule has 0 radical (unpaired) electrons. The Balaban J connectivity index is 1.54. The lowest BCUT2D eigenvalue weighted by molar-refractivity contribution is 0.102. The summed E-state index contributed by atoms with van der Waals surface area (Å²) in [5.74, 6) is 0.0673. The standard InChI is InChI=1S/C26H19Cl2N5O2S/c1-15-19(12-16-6-3-2-4-7-16)25(35)31-26(29-15)33-23(14-21(32-33)22-8-5-11-36-22)30-24(34)18-10-9-17(27)13-20(18)28/h2-11,13-14H,12H2,1H3,(H,30,34)(H,29,31,35). The number of nitrogens with zero attached hydrogens (tertiary/aromatic N) is 3. The number of thiophene rings is 1. The summed E-state index contributed by atoms with van der Waals surface area (Å²) in [7, 11) is 0. The number of carbonyl (C=O) groups excluding carboxylic acids is 1. The molecule has 10 heteroatoms. The maximum atomic E-state index is 13.1. The van der Waals surface area contributed by atoms with E-state index in [4.69, 9.17) is 23.2 Å². The van der Waals surface area contributed by atoms with E-state index in [0.29, 0.717) is 34.2 Å². The van der Waals surface area contributed by atoms with Gasteiger partial charge in [-0.2, -0.15) is 9.78 Å². The number of aryl methyl sites for hydroxylation is 1. The van der Waals surface area contributed by atoms with Gasteiger partial charge in [-0.3, -0.25) is 14.6 Å². The molecule has 3 aromatic heterocycles. The maximum Gasteiger partial charge on any atom is 0.258 e. The highest BCUT2D eigenvalue weighted by atomic mass is 35.5. The summed E-state index contributed by atoms with van der Waals surface area (Å²) in [6.07, 6.45) is 0.452. The Morgan fingerprint density at radius 1 is 1.08 bits per heavy atom. The molecular weight excluding hydrogens is 517 g/mol. The van der Waals surface area contributed by atoms with Crippen molar-refractivity contribution in [2.24, 2.45) is 0 Å². The number of carbonyl (C=O) groups is 1. The Hall–Kier alpha value is -3.72. The first-order valence-electron chi connectivity index (χ1n) is 10.9. The van der Waals surface area contributed by atoms with Gasteiger partial charge in [-0.05, 0) is 42.1 Å². The molecule has 0 bridgehead atoms. The molecule has 36 heavy (non-hydrogen) atoms. The fourth-order valence-electron chi connectivity index (χ4n) is 3.74. The van der Waals surface area contributed by atoms with Crippen molar-refractivity contribution in [1.29, 1.82) is 0 Å². The van der Waals surface area contributed by atoms with Crippen molar-refractivity contribution in [3.05, 3.63) is 115 Å². The van der Waals surface area contributed by atoms with Gasteiger partial charge < -0.3 is 5.32 Å². The lowest BCUT2D eigenvalue weighted by Gasteiger charge is -2.11. The fraction of sp³-hybridized carbons (Fsp3) is 0.0769. The SMILES string of the molecule is Cc1nc(-n2nc(-c3cccs3)cc2NC(=O)c2ccc(Cl)cc2Cl)[nH]c(=O)c1Cc1ccccc1. The van der Waals surface area contributed by atoms with Gasteiger partial charge in [0, 0.05) is 23.1 Å². The number of rotatable bonds is 6. The highest BCUT2D eigenvalue weighted by molar-refractivity contribution is 7.13. The number of halogens is 2. The van der Waals surface area contributed by atoms with Crippen molar-refractivity contribution < 1.29 is 4.79 Å². The van der Waals surface area contributed by atoms with Gasteiger partial charge in [0.15, 0.2) is 0 Å². The fourth-order valence-corrected chi connectivity index (χ4v) is 4.91. The molecule has 1 amide bonds. The van der Waals surface area contributed by atoms with Gasteiger partial charge in [-0.15, -0.1) is 11.3 Å².